The molecule has 154 valence electrons. The number of Topliss-reactive ketones (excluding diaryl/α,β-unsaturated/α-hetero) is 1. The van der Waals surface area contributed by atoms with E-state index >= 15 is 0 Å². The monoisotopic (exact) mass is 402 g/mol. The van der Waals surface area contributed by atoms with Crippen molar-refractivity contribution in [3.63, 3.8) is 0 Å². The largest absolute Gasteiger partial charge is 0.422 e. The van der Waals surface area contributed by atoms with Crippen LogP contribution < -0.4 is 10.5 Å². The van der Waals surface area contributed by atoms with Gasteiger partial charge in [-0.15, -0.1) is 0 Å². The average Bonchev–Trinajstić information content (AvgIpc) is 2.69. The summed E-state index contributed by atoms with van der Waals surface area (Å²) in [6, 6.07) is 9.57. The number of nitrogens with zero attached hydrogens (tertiary/aromatic N) is 2. The minimum Gasteiger partial charge on any atom is -0.422 e. The van der Waals surface area contributed by atoms with Crippen LogP contribution in [0.3, 0.4) is 0 Å². The van der Waals surface area contributed by atoms with E-state index in [9.17, 15) is 9.59 Å². The van der Waals surface area contributed by atoms with Crippen molar-refractivity contribution in [1.82, 2.24) is 4.98 Å². The molecule has 0 saturated heterocycles. The fraction of sp³-hybridized carbons (Fsp3) is 0.320. The van der Waals surface area contributed by atoms with Gasteiger partial charge in [0.05, 0.1) is 11.1 Å². The molecule has 2 aromatic heterocycles. The number of hydrogen-bond acceptors (Lipinski definition) is 5. The molecule has 3 heterocycles. The normalized spacial score (nSPS) is 15.1. The lowest BCUT2D eigenvalue weighted by Crippen LogP contribution is -2.45. The van der Waals surface area contributed by atoms with Gasteiger partial charge in [-0.05, 0) is 69.5 Å². The number of ketones is 1. The van der Waals surface area contributed by atoms with Crippen LogP contribution in [0.5, 0.6) is 0 Å². The third-order valence-corrected chi connectivity index (χ3v) is 5.73. The van der Waals surface area contributed by atoms with E-state index in [0.29, 0.717) is 17.6 Å². The fourth-order valence-corrected chi connectivity index (χ4v) is 4.32. The number of anilines is 1. The van der Waals surface area contributed by atoms with Crippen LogP contribution in [-0.4, -0.2) is 22.9 Å². The van der Waals surface area contributed by atoms with Gasteiger partial charge in [0.2, 0.25) is 0 Å². The van der Waals surface area contributed by atoms with Gasteiger partial charge in [-0.2, -0.15) is 0 Å². The topological polar surface area (TPSA) is 63.4 Å². The van der Waals surface area contributed by atoms with E-state index in [1.165, 1.54) is 5.57 Å². The van der Waals surface area contributed by atoms with E-state index in [1.54, 1.807) is 31.5 Å². The second-order valence-electron chi connectivity index (χ2n) is 8.53. The molecule has 5 heteroatoms. The predicted octanol–water partition coefficient (Wildman–Crippen LogP) is 5.23. The summed E-state index contributed by atoms with van der Waals surface area (Å²) in [5.41, 5.74) is 4.68. The lowest BCUT2D eigenvalue weighted by Gasteiger charge is -2.43. The zero-order chi connectivity index (χ0) is 21.5. The summed E-state index contributed by atoms with van der Waals surface area (Å²) in [5, 5.41) is 0.885. The van der Waals surface area contributed by atoms with E-state index < -0.39 is 0 Å². The van der Waals surface area contributed by atoms with E-state index in [-0.39, 0.29) is 16.9 Å². The molecule has 1 aliphatic rings. The molecule has 1 aliphatic heterocycles. The van der Waals surface area contributed by atoms with Crippen molar-refractivity contribution in [2.45, 2.75) is 46.1 Å². The molecule has 1 aromatic carbocycles. The first-order chi connectivity index (χ1) is 14.3. The van der Waals surface area contributed by atoms with Crippen LogP contribution in [0.4, 0.5) is 5.69 Å². The molecule has 0 amide bonds. The maximum absolute atomic E-state index is 12.7. The molecule has 0 bridgehead atoms. The fourth-order valence-electron chi connectivity index (χ4n) is 4.32. The Morgan fingerprint density at radius 3 is 2.53 bits per heavy atom. The van der Waals surface area contributed by atoms with Crippen molar-refractivity contribution in [2.24, 2.45) is 0 Å². The Morgan fingerprint density at radius 2 is 1.83 bits per heavy atom. The molecule has 0 N–H and O–H groups in total. The minimum atomic E-state index is -0.362. The van der Waals surface area contributed by atoms with Gasteiger partial charge < -0.3 is 14.1 Å². The summed E-state index contributed by atoms with van der Waals surface area (Å²) in [6.45, 7) is 8.83. The van der Waals surface area contributed by atoms with Gasteiger partial charge in [0.25, 0.3) is 0 Å². The van der Waals surface area contributed by atoms with Gasteiger partial charge in [-0.3, -0.25) is 4.98 Å². The summed E-state index contributed by atoms with van der Waals surface area (Å²) in [7, 11) is 0. The minimum absolute atomic E-state index is 0.196. The molecule has 3 aromatic rings. The van der Waals surface area contributed by atoms with E-state index in [4.69, 9.17) is 4.42 Å². The molecule has 4 rings (SSSR count). The Balaban J connectivity index is 1.84. The highest BCUT2D eigenvalue weighted by atomic mass is 16.4. The van der Waals surface area contributed by atoms with Crippen LogP contribution in [0.2, 0.25) is 0 Å². The van der Waals surface area contributed by atoms with Crippen molar-refractivity contribution in [3.8, 4) is 11.1 Å². The van der Waals surface area contributed by atoms with Gasteiger partial charge in [-0.1, -0.05) is 6.08 Å². The lowest BCUT2D eigenvalue weighted by atomic mass is 9.87. The van der Waals surface area contributed by atoms with Crippen molar-refractivity contribution < 1.29 is 9.21 Å². The molecule has 0 spiro atoms. The summed E-state index contributed by atoms with van der Waals surface area (Å²) in [5.74, 6) is 0.199. The first kappa shape index (κ1) is 20.1. The number of aromatic nitrogens is 1. The molecule has 0 atom stereocenters. The van der Waals surface area contributed by atoms with Crippen LogP contribution >= 0.6 is 0 Å². The third-order valence-electron chi connectivity index (χ3n) is 5.73. The van der Waals surface area contributed by atoms with Crippen molar-refractivity contribution in [1.29, 1.82) is 0 Å². The van der Waals surface area contributed by atoms with E-state index in [0.717, 1.165) is 35.2 Å². The second-order valence-corrected chi connectivity index (χ2v) is 8.53. The highest BCUT2D eigenvalue weighted by molar-refractivity contribution is 5.93. The van der Waals surface area contributed by atoms with Crippen molar-refractivity contribution >= 4 is 28.0 Å². The van der Waals surface area contributed by atoms with Crippen LogP contribution in [0, 0.1) is 0 Å². The quantitative estimate of drug-likeness (QED) is 0.547. The van der Waals surface area contributed by atoms with E-state index in [1.807, 2.05) is 12.1 Å². The van der Waals surface area contributed by atoms with Gasteiger partial charge >= 0.3 is 5.63 Å². The number of rotatable bonds is 5. The number of carbonyl (C=O) groups is 1. The Morgan fingerprint density at radius 1 is 1.13 bits per heavy atom. The second kappa shape index (κ2) is 7.56. The standard InChI is InChI=1S/C25H26N2O3/c1-16-15-25(3,4)27(11-5-6-17(2)28)22-14-23-19(12-20(16)22)13-21(24(29)30-23)18-7-9-26-10-8-18/h7-10,12-15H,5-6,11H2,1-4H3. The Kier molecular flexibility index (Phi) is 5.06. The van der Waals surface area contributed by atoms with Crippen LogP contribution in [0.15, 0.2) is 58.0 Å². The number of benzene rings is 1. The Bertz CT molecular complexity index is 1210. The van der Waals surface area contributed by atoms with Gasteiger partial charge in [0.1, 0.15) is 11.4 Å². The lowest BCUT2D eigenvalue weighted by molar-refractivity contribution is -0.117. The first-order valence-electron chi connectivity index (χ1n) is 10.3. The molecular formula is C25H26N2O3. The SMILES string of the molecule is CC(=O)CCCN1c2cc3oc(=O)c(-c4ccncc4)cc3cc2C(C)=CC1(C)C. The Hall–Kier alpha value is -3.21. The summed E-state index contributed by atoms with van der Waals surface area (Å²) in [4.78, 5) is 30.4. The molecular weight excluding hydrogens is 376 g/mol. The molecule has 30 heavy (non-hydrogen) atoms. The van der Waals surface area contributed by atoms with Crippen molar-refractivity contribution in [2.75, 3.05) is 11.4 Å². The highest BCUT2D eigenvalue weighted by Crippen LogP contribution is 2.41. The number of pyridine rings is 1. The first-order valence-corrected chi connectivity index (χ1v) is 10.3. The summed E-state index contributed by atoms with van der Waals surface area (Å²) in [6.07, 6.45) is 6.94. The van der Waals surface area contributed by atoms with Gasteiger partial charge in [-0.25, -0.2) is 4.79 Å². The Labute approximate surface area is 176 Å². The summed E-state index contributed by atoms with van der Waals surface area (Å²) < 4.78 is 5.73. The molecule has 0 radical (unpaired) electrons. The number of hydrogen-bond donors (Lipinski definition) is 0. The van der Waals surface area contributed by atoms with E-state index in [2.05, 4.69) is 42.8 Å². The zero-order valence-electron chi connectivity index (χ0n) is 17.9. The average molecular weight is 402 g/mol. The predicted molar refractivity (Wildman–Crippen MR) is 121 cm³/mol. The molecule has 0 fully saturated rings. The molecule has 0 unspecified atom stereocenters. The number of carbonyl (C=O) groups excluding carboxylic acids is 1. The zero-order valence-corrected chi connectivity index (χ0v) is 17.9. The van der Waals surface area contributed by atoms with Crippen LogP contribution in [-0.2, 0) is 4.79 Å². The maximum atomic E-state index is 12.7. The number of allylic oxidation sites excluding steroid dienone is 1. The smallest absolute Gasteiger partial charge is 0.344 e. The number of fused-ring (bicyclic) bond motifs is 2. The summed E-state index contributed by atoms with van der Waals surface area (Å²) >= 11 is 0. The highest BCUT2D eigenvalue weighted by Gasteiger charge is 2.31. The molecule has 0 aliphatic carbocycles. The molecule has 0 saturated carbocycles. The third kappa shape index (κ3) is 3.67. The maximum Gasteiger partial charge on any atom is 0.344 e. The van der Waals surface area contributed by atoms with Gasteiger partial charge in [0.15, 0.2) is 0 Å². The van der Waals surface area contributed by atoms with Crippen LogP contribution in [0.25, 0.3) is 27.7 Å². The van der Waals surface area contributed by atoms with Gasteiger partial charge in [0, 0.05) is 48.1 Å². The van der Waals surface area contributed by atoms with Crippen molar-refractivity contribution in [3.05, 3.63) is 64.8 Å². The van der Waals surface area contributed by atoms with Crippen LogP contribution in [0.1, 0.15) is 46.1 Å². The molecule has 5 nitrogen and oxygen atoms in total.